The molecular weight excluding hydrogens is 1100 g/mol. The van der Waals surface area contributed by atoms with Crippen molar-refractivity contribution < 1.29 is 75.9 Å². The Morgan fingerprint density at radius 2 is 0.605 bits per heavy atom. The number of rotatable bonds is 20. The summed E-state index contributed by atoms with van der Waals surface area (Å²) in [5, 5.41) is 0. The Kier molecular flexibility index (Phi) is 20.4. The molecule has 14 rings (SSSR count). The summed E-state index contributed by atoms with van der Waals surface area (Å²) in [6.07, 6.45) is -10.1. The average Bonchev–Trinajstić information content (AvgIpc) is 1.48. The summed E-state index contributed by atoms with van der Waals surface area (Å²) in [5.74, 6) is -0.653. The standard InChI is InChI=1S/C70H68O16/c1-73-57-37-53-33-35-55(57)83-69-65(79-43-51-29-17-7-18-30-51)63(77-41-49-25-13-5-14-26-49)61(75-39-47-21-9-3-10-22-47)59(85-69)46-82-68(72)54-34-36-56(58(38-54)74-2)84-70-66(80-44-52-31-19-8-20-32-52)64(78-42-50-27-15-6-16-28-50)62(60(86-70)45-81-67(53)71)76-40-48-23-11-4-12-24-48/h3-38,59-66,69-70H,39-46H2,1-2H3/t59-,60-,61-,62-,63-,64+,65-,66-,69-,70-/m1/s1. The van der Waals surface area contributed by atoms with Crippen LogP contribution in [0.4, 0.5) is 0 Å². The van der Waals surface area contributed by atoms with Crippen molar-refractivity contribution in [2.75, 3.05) is 27.4 Å². The van der Waals surface area contributed by atoms with E-state index in [2.05, 4.69) is 0 Å². The van der Waals surface area contributed by atoms with Crippen LogP contribution >= 0.6 is 0 Å². The van der Waals surface area contributed by atoms with Gasteiger partial charge in [-0.05, 0) is 69.8 Å². The summed E-state index contributed by atoms with van der Waals surface area (Å²) in [6, 6.07) is 67.6. The fourth-order valence-electron chi connectivity index (χ4n) is 10.5. The van der Waals surface area contributed by atoms with Gasteiger partial charge in [-0.3, -0.25) is 0 Å². The third-order valence-corrected chi connectivity index (χ3v) is 14.9. The van der Waals surface area contributed by atoms with Gasteiger partial charge in [-0.1, -0.05) is 182 Å². The van der Waals surface area contributed by atoms with Crippen LogP contribution in [0.2, 0.25) is 0 Å². The van der Waals surface area contributed by atoms with Gasteiger partial charge in [0.05, 0.1) is 65.0 Å². The molecule has 2 saturated heterocycles. The van der Waals surface area contributed by atoms with Crippen LogP contribution in [0.15, 0.2) is 218 Å². The van der Waals surface area contributed by atoms with E-state index >= 15 is 0 Å². The van der Waals surface area contributed by atoms with Crippen LogP contribution in [-0.4, -0.2) is 101 Å². The van der Waals surface area contributed by atoms with Crippen LogP contribution < -0.4 is 18.9 Å². The first-order valence-corrected chi connectivity index (χ1v) is 28.6. The van der Waals surface area contributed by atoms with Gasteiger partial charge in [-0.25, -0.2) is 9.59 Å². The number of benzene rings is 8. The maximum atomic E-state index is 14.5. The monoisotopic (exact) mass is 1160 g/mol. The molecule has 6 aliphatic heterocycles. The second kappa shape index (κ2) is 29.6. The number of methoxy groups -OCH3 is 2. The summed E-state index contributed by atoms with van der Waals surface area (Å²) in [5.41, 5.74) is 5.60. The van der Waals surface area contributed by atoms with E-state index in [9.17, 15) is 9.59 Å². The van der Waals surface area contributed by atoms with E-state index in [-0.39, 0.29) is 87.0 Å². The normalized spacial score (nSPS) is 23.1. The van der Waals surface area contributed by atoms with Crippen LogP contribution in [0, 0.1) is 0 Å². The van der Waals surface area contributed by atoms with Crippen molar-refractivity contribution in [3.8, 4) is 23.0 Å². The summed E-state index contributed by atoms with van der Waals surface area (Å²) >= 11 is 0. The molecule has 0 radical (unpaired) electrons. The molecule has 0 saturated carbocycles. The first kappa shape index (κ1) is 59.3. The lowest BCUT2D eigenvalue weighted by Crippen LogP contribution is -2.62. The fraction of sp³-hybridized carbons (Fsp3) is 0.286. The molecule has 444 valence electrons. The van der Waals surface area contributed by atoms with Crippen molar-refractivity contribution in [1.82, 2.24) is 0 Å². The van der Waals surface area contributed by atoms with Gasteiger partial charge in [0.2, 0.25) is 12.6 Å². The van der Waals surface area contributed by atoms with E-state index in [1.165, 1.54) is 26.4 Å². The minimum atomic E-state index is -1.25. The molecule has 0 aromatic heterocycles. The predicted molar refractivity (Wildman–Crippen MR) is 315 cm³/mol. The summed E-state index contributed by atoms with van der Waals surface area (Å²) < 4.78 is 93.1. The first-order chi connectivity index (χ1) is 42.3. The van der Waals surface area contributed by atoms with Gasteiger partial charge in [-0.15, -0.1) is 0 Å². The topological polar surface area (TPSA) is 163 Å². The van der Waals surface area contributed by atoms with Gasteiger partial charge in [-0.2, -0.15) is 0 Å². The van der Waals surface area contributed by atoms with E-state index in [1.807, 2.05) is 182 Å². The van der Waals surface area contributed by atoms with Crippen LogP contribution in [0.25, 0.3) is 0 Å². The van der Waals surface area contributed by atoms with Gasteiger partial charge in [0, 0.05) is 0 Å². The van der Waals surface area contributed by atoms with E-state index in [4.69, 9.17) is 66.3 Å². The molecule has 6 aliphatic rings. The molecule has 0 N–H and O–H groups in total. The minimum Gasteiger partial charge on any atom is -0.493 e. The van der Waals surface area contributed by atoms with Crippen molar-refractivity contribution in [3.63, 3.8) is 0 Å². The zero-order chi connectivity index (χ0) is 58.9. The lowest BCUT2D eigenvalue weighted by Gasteiger charge is -2.45. The molecule has 8 aromatic carbocycles. The van der Waals surface area contributed by atoms with Crippen LogP contribution in [0.1, 0.15) is 54.1 Å². The van der Waals surface area contributed by atoms with Gasteiger partial charge in [0.1, 0.15) is 62.0 Å². The van der Waals surface area contributed by atoms with Crippen LogP contribution in [0.3, 0.4) is 0 Å². The highest BCUT2D eigenvalue weighted by molar-refractivity contribution is 5.91. The third kappa shape index (κ3) is 15.3. The Morgan fingerprint density at radius 3 is 0.884 bits per heavy atom. The Bertz CT molecular complexity index is 3150. The number of carbonyl (C=O) groups excluding carboxylic acids is 2. The molecule has 6 heterocycles. The molecule has 86 heavy (non-hydrogen) atoms. The highest BCUT2D eigenvalue weighted by Gasteiger charge is 2.52. The Balaban J connectivity index is 0.981. The van der Waals surface area contributed by atoms with Crippen molar-refractivity contribution in [2.45, 2.75) is 101 Å². The van der Waals surface area contributed by atoms with Crippen LogP contribution in [0.5, 0.6) is 23.0 Å². The smallest absolute Gasteiger partial charge is 0.338 e. The molecule has 0 spiro atoms. The maximum Gasteiger partial charge on any atom is 0.338 e. The van der Waals surface area contributed by atoms with Gasteiger partial charge >= 0.3 is 11.9 Å². The summed E-state index contributed by atoms with van der Waals surface area (Å²) in [4.78, 5) is 29.1. The molecule has 0 unspecified atom stereocenters. The van der Waals surface area contributed by atoms with Gasteiger partial charge < -0.3 is 66.3 Å². The van der Waals surface area contributed by atoms with E-state index in [0.717, 1.165) is 33.4 Å². The summed E-state index contributed by atoms with van der Waals surface area (Å²) in [7, 11) is 2.93. The predicted octanol–water partition coefficient (Wildman–Crippen LogP) is 11.5. The minimum absolute atomic E-state index is 0.136. The second-order valence-corrected chi connectivity index (χ2v) is 20.8. The first-order valence-electron chi connectivity index (χ1n) is 28.6. The second-order valence-electron chi connectivity index (χ2n) is 20.8. The Labute approximate surface area is 500 Å². The molecular formula is C70H68O16. The highest BCUT2D eigenvalue weighted by Crippen LogP contribution is 2.39. The van der Waals surface area contributed by atoms with E-state index in [1.54, 1.807) is 24.3 Å². The average molecular weight is 1170 g/mol. The van der Waals surface area contributed by atoms with Crippen molar-refractivity contribution in [1.29, 1.82) is 0 Å². The number of hydrogen-bond acceptors (Lipinski definition) is 16. The van der Waals surface area contributed by atoms with E-state index in [0.29, 0.717) is 0 Å². The Hall–Kier alpha value is -8.42. The molecule has 2 fully saturated rings. The lowest BCUT2D eigenvalue weighted by atomic mass is 9.97. The van der Waals surface area contributed by atoms with Gasteiger partial charge in [0.25, 0.3) is 0 Å². The van der Waals surface area contributed by atoms with Crippen molar-refractivity contribution >= 4 is 11.9 Å². The third-order valence-electron chi connectivity index (χ3n) is 14.9. The molecule has 10 atom stereocenters. The molecule has 16 heteroatoms. The van der Waals surface area contributed by atoms with Gasteiger partial charge in [0.15, 0.2) is 23.0 Å². The number of hydrogen-bond donors (Lipinski definition) is 0. The largest absolute Gasteiger partial charge is 0.493 e. The van der Waals surface area contributed by atoms with E-state index < -0.39 is 73.4 Å². The van der Waals surface area contributed by atoms with Crippen molar-refractivity contribution in [3.05, 3.63) is 263 Å². The molecule has 8 aromatic rings. The van der Waals surface area contributed by atoms with Crippen molar-refractivity contribution in [2.24, 2.45) is 0 Å². The molecule has 16 nitrogen and oxygen atoms in total. The number of ether oxygens (including phenoxy) is 14. The fourth-order valence-corrected chi connectivity index (χ4v) is 10.5. The Morgan fingerprint density at radius 1 is 0.337 bits per heavy atom. The zero-order valence-corrected chi connectivity index (χ0v) is 47.7. The maximum absolute atomic E-state index is 14.5. The molecule has 0 amide bonds. The number of esters is 2. The SMILES string of the molecule is COc1cc2ccc1O[C@@H]1O[C@H](COC(=O)c3ccc(c(OC)c3)O[C@@H]3O[C@H](COC2=O)[C@@H](OCc2ccccc2)[C@@H](OCc2ccccc2)[C@H]3OCc2ccccc2)[C@@H](OCc2ccccc2)[C@H](OCc2ccccc2)[C@H]1OCc1ccccc1. The zero-order valence-electron chi connectivity index (χ0n) is 47.7. The lowest BCUT2D eigenvalue weighted by molar-refractivity contribution is -0.308. The molecule has 0 aliphatic carbocycles. The highest BCUT2D eigenvalue weighted by atomic mass is 16.7. The summed E-state index contributed by atoms with van der Waals surface area (Å²) in [6.45, 7) is 0.234. The molecule has 8 bridgehead atoms. The van der Waals surface area contributed by atoms with Crippen LogP contribution in [-0.2, 0) is 87.0 Å². The quantitative estimate of drug-likeness (QED) is 0.0662. The number of carbonyl (C=O) groups is 2.